The van der Waals surface area contributed by atoms with Gasteiger partial charge in [0, 0.05) is 63.8 Å². The number of rotatable bonds is 20. The number of amides is 4. The quantitative estimate of drug-likeness (QED) is 0.0518. The van der Waals surface area contributed by atoms with Crippen LogP contribution in [0.3, 0.4) is 0 Å². The Labute approximate surface area is 532 Å². The van der Waals surface area contributed by atoms with E-state index in [0.717, 1.165) is 33.9 Å². The van der Waals surface area contributed by atoms with Crippen LogP contribution in [0.1, 0.15) is 149 Å². The van der Waals surface area contributed by atoms with Gasteiger partial charge in [0.05, 0.1) is 22.8 Å². The first-order valence-electron chi connectivity index (χ1n) is 28.4. The summed E-state index contributed by atoms with van der Waals surface area (Å²) in [4.78, 5) is 99.1. The standard InChI is InChI=1S/C64H62N14O8.2Zn/c79-57-53-39-83-61(73-53)49(25-15-31-77(35-45-21-7-11-27-65-45)36-46-22-8-12-28-66-46)70-58(80)54-41-85-63(75-54)51(33-43-17-3-1-4-18-43)72-60(82)56-42-86-64(76-56)52(34-44-19-5-2-6-20-44)71-59(81)55-40-84-62(74-55)50(69-57)26-16-32-78(37-47-23-9-13-29-67-47)38-48-24-10-14-30-68-48;;/h1-14,17-24,27-30,39-42,49-52H,15-16,25-26,31-38H2,(H,69,79)(H,70,80)(H,71,81)(H,72,82);;/q;2*+2/t49-,50-,51-,52-;;/m0../s1. The van der Waals surface area contributed by atoms with Crippen molar-refractivity contribution in [2.75, 3.05) is 13.1 Å². The smallest absolute Gasteiger partial charge is 0.446 e. The molecule has 0 unspecified atom stereocenters. The van der Waals surface area contributed by atoms with Crippen LogP contribution in [0.25, 0.3) is 0 Å². The van der Waals surface area contributed by atoms with Crippen LogP contribution in [0.4, 0.5) is 0 Å². The summed E-state index contributed by atoms with van der Waals surface area (Å²) < 4.78 is 24.2. The Morgan fingerprint density at radius 2 is 0.625 bits per heavy atom. The fraction of sp³-hybridized carbons (Fsp3) is 0.250. The molecule has 0 spiro atoms. The molecule has 0 fully saturated rings. The maximum absolute atomic E-state index is 14.6. The Balaban J connectivity index is 0.00000461. The van der Waals surface area contributed by atoms with Gasteiger partial charge in [-0.15, -0.1) is 0 Å². The van der Waals surface area contributed by atoms with Crippen LogP contribution in [0.15, 0.2) is 201 Å². The van der Waals surface area contributed by atoms with Gasteiger partial charge in [-0.1, -0.05) is 84.9 Å². The number of oxazole rings is 4. The molecule has 9 heterocycles. The van der Waals surface area contributed by atoms with Crippen molar-refractivity contribution in [1.29, 1.82) is 0 Å². The van der Waals surface area contributed by atoms with Crippen molar-refractivity contribution >= 4 is 23.6 Å². The predicted molar refractivity (Wildman–Crippen MR) is 311 cm³/mol. The summed E-state index contributed by atoms with van der Waals surface area (Å²) >= 11 is 0. The van der Waals surface area contributed by atoms with E-state index in [0.29, 0.717) is 65.0 Å². The number of nitrogens with zero attached hydrogens (tertiary/aromatic N) is 10. The largest absolute Gasteiger partial charge is 2.00 e. The summed E-state index contributed by atoms with van der Waals surface area (Å²) in [5, 5.41) is 12.1. The number of benzene rings is 2. The Hall–Kier alpha value is -9.07. The molecular weight excluding hydrogens is 1220 g/mol. The second kappa shape index (κ2) is 31.5. The van der Waals surface area contributed by atoms with Gasteiger partial charge < -0.3 is 38.9 Å². The van der Waals surface area contributed by atoms with Gasteiger partial charge in [0.25, 0.3) is 23.6 Å². The summed E-state index contributed by atoms with van der Waals surface area (Å²) in [6.45, 7) is 3.19. The molecule has 22 nitrogen and oxygen atoms in total. The van der Waals surface area contributed by atoms with Crippen molar-refractivity contribution < 1.29 is 75.8 Å². The van der Waals surface area contributed by atoms with Crippen LogP contribution in [0, 0.1) is 0 Å². The van der Waals surface area contributed by atoms with Gasteiger partial charge in [-0.3, -0.25) is 48.9 Å². The number of hydrogen-bond acceptors (Lipinski definition) is 18. The molecule has 4 atom stereocenters. The second-order valence-electron chi connectivity index (χ2n) is 20.8. The van der Waals surface area contributed by atoms with Crippen LogP contribution >= 0.6 is 0 Å². The van der Waals surface area contributed by atoms with E-state index in [-0.39, 0.29) is 98.1 Å². The average molecular weight is 1290 g/mol. The van der Waals surface area contributed by atoms with Crippen molar-refractivity contribution in [1.82, 2.24) is 70.9 Å². The minimum Gasteiger partial charge on any atom is -0.446 e. The molecule has 24 heteroatoms. The molecule has 0 radical (unpaired) electrons. The van der Waals surface area contributed by atoms with E-state index in [1.165, 1.54) is 25.1 Å². The van der Waals surface area contributed by atoms with Crippen molar-refractivity contribution in [2.24, 2.45) is 0 Å². The van der Waals surface area contributed by atoms with E-state index >= 15 is 0 Å². The van der Waals surface area contributed by atoms with Crippen LogP contribution in [-0.2, 0) is 78.0 Å². The third-order valence-corrected chi connectivity index (χ3v) is 14.4. The molecule has 11 rings (SSSR count). The topological polar surface area (TPSA) is 279 Å². The van der Waals surface area contributed by atoms with E-state index in [2.05, 4.69) is 66.0 Å². The number of carbonyl (C=O) groups is 4. The van der Waals surface area contributed by atoms with Crippen LogP contribution < -0.4 is 21.3 Å². The van der Waals surface area contributed by atoms with E-state index in [4.69, 9.17) is 22.7 Å². The van der Waals surface area contributed by atoms with Crippen LogP contribution in [0.2, 0.25) is 0 Å². The van der Waals surface area contributed by atoms with Gasteiger partial charge >= 0.3 is 39.0 Å². The minimum absolute atomic E-state index is 0. The van der Waals surface area contributed by atoms with Gasteiger partial charge in [0.15, 0.2) is 22.8 Å². The molecule has 4 N–H and O–H groups in total. The Morgan fingerprint density at radius 1 is 0.352 bits per heavy atom. The van der Waals surface area contributed by atoms with Crippen LogP contribution in [0.5, 0.6) is 0 Å². The molecule has 2 aromatic carbocycles. The van der Waals surface area contributed by atoms with Gasteiger partial charge in [-0.05, 0) is 98.4 Å². The van der Waals surface area contributed by atoms with E-state index < -0.39 is 47.8 Å². The number of carbonyl (C=O) groups excluding carboxylic acids is 4. The third kappa shape index (κ3) is 17.6. The SMILES string of the molecule is O=C1N[C@@H](Cc2ccccc2)c2nc(co2)C(=O)N[C@@H](Cc2ccccc2)c2nc(co2)C(=O)N[C@@H](CCCN(Cc2ccccn2)Cc2ccccn2)c2nc(co2)C(=O)N[C@@H](CCCN(Cc2ccccn2)Cc2ccccn2)c2nc1co2.[Zn+2].[Zn+2]. The number of hydrogen-bond donors (Lipinski definition) is 4. The second-order valence-corrected chi connectivity index (χ2v) is 20.8. The Bertz CT molecular complexity index is 3570. The van der Waals surface area contributed by atoms with E-state index in [9.17, 15) is 19.2 Å². The molecule has 8 bridgehead atoms. The molecule has 436 valence electrons. The third-order valence-electron chi connectivity index (χ3n) is 14.4. The van der Waals surface area contributed by atoms with Crippen molar-refractivity contribution in [3.05, 3.63) is 264 Å². The molecular formula is C64H62N14O8Zn2+4. The van der Waals surface area contributed by atoms with Gasteiger partial charge in [0.2, 0.25) is 23.6 Å². The first-order chi connectivity index (χ1) is 42.2. The van der Waals surface area contributed by atoms with Gasteiger partial charge in [-0.25, -0.2) is 19.9 Å². The summed E-state index contributed by atoms with van der Waals surface area (Å²) in [5.41, 5.74) is 4.82. The molecule has 0 aliphatic carbocycles. The fourth-order valence-electron chi connectivity index (χ4n) is 10.1. The first kappa shape index (κ1) is 63.4. The van der Waals surface area contributed by atoms with Crippen molar-refractivity contribution in [3.63, 3.8) is 0 Å². The Morgan fingerprint density at radius 3 is 0.909 bits per heavy atom. The van der Waals surface area contributed by atoms with Gasteiger partial charge in [-0.2, -0.15) is 0 Å². The summed E-state index contributed by atoms with van der Waals surface area (Å²) in [6, 6.07) is 38.3. The number of aromatic nitrogens is 8. The molecule has 10 aromatic rings. The van der Waals surface area contributed by atoms with Gasteiger partial charge in [0.1, 0.15) is 49.2 Å². The number of nitrogens with one attached hydrogen (secondary N) is 4. The molecule has 0 saturated heterocycles. The van der Waals surface area contributed by atoms with E-state index in [1.807, 2.05) is 133 Å². The number of fused-ring (bicyclic) bond motifs is 8. The zero-order valence-corrected chi connectivity index (χ0v) is 54.2. The summed E-state index contributed by atoms with van der Waals surface area (Å²) in [5.74, 6) is -2.31. The first-order valence-corrected chi connectivity index (χ1v) is 28.4. The molecule has 88 heavy (non-hydrogen) atoms. The van der Waals surface area contributed by atoms with Crippen molar-refractivity contribution in [3.8, 4) is 0 Å². The molecule has 8 aromatic heterocycles. The zero-order valence-electron chi connectivity index (χ0n) is 48.3. The minimum atomic E-state index is -0.896. The summed E-state index contributed by atoms with van der Waals surface area (Å²) in [7, 11) is 0. The van der Waals surface area contributed by atoms with E-state index in [1.54, 1.807) is 24.8 Å². The maximum atomic E-state index is 14.6. The maximum Gasteiger partial charge on any atom is 2.00 e. The average Bonchev–Trinajstić information content (AvgIpc) is 3.61. The molecule has 1 aliphatic rings. The monoisotopic (exact) mass is 1280 g/mol. The number of pyridine rings is 4. The molecule has 1 aliphatic heterocycles. The molecule has 4 amide bonds. The fourth-order valence-corrected chi connectivity index (χ4v) is 10.1. The van der Waals surface area contributed by atoms with Crippen LogP contribution in [-0.4, -0.2) is 86.4 Å². The Kier molecular flexibility index (Phi) is 22.7. The predicted octanol–water partition coefficient (Wildman–Crippen LogP) is 8.86. The normalized spacial score (nSPS) is 16.3. The van der Waals surface area contributed by atoms with Crippen molar-refractivity contribution in [2.45, 2.75) is 88.9 Å². The molecule has 0 saturated carbocycles. The summed E-state index contributed by atoms with van der Waals surface area (Å²) in [6.07, 6.45) is 14.0. The zero-order chi connectivity index (χ0) is 58.9.